The fourth-order valence-corrected chi connectivity index (χ4v) is 3.68. The third-order valence-electron chi connectivity index (χ3n) is 5.70. The van der Waals surface area contributed by atoms with Gasteiger partial charge in [-0.3, -0.25) is 0 Å². The van der Waals surface area contributed by atoms with Crippen molar-refractivity contribution in [1.29, 1.82) is 0 Å². The second-order valence-corrected chi connectivity index (χ2v) is 8.00. The van der Waals surface area contributed by atoms with Crippen LogP contribution in [0.25, 0.3) is 0 Å². The van der Waals surface area contributed by atoms with E-state index in [1.165, 1.54) is 22.3 Å². The van der Waals surface area contributed by atoms with Crippen LogP contribution < -0.4 is 9.47 Å². The zero-order chi connectivity index (χ0) is 19.0. The maximum atomic E-state index is 5.56. The van der Waals surface area contributed by atoms with Gasteiger partial charge in [0.2, 0.25) is 0 Å². The number of rotatable bonds is 8. The van der Waals surface area contributed by atoms with E-state index in [9.17, 15) is 0 Å². The molecule has 2 heterocycles. The van der Waals surface area contributed by atoms with Crippen LogP contribution in [0.15, 0.2) is 36.4 Å². The van der Waals surface area contributed by atoms with Crippen LogP contribution in [0.2, 0.25) is 0 Å². The highest BCUT2D eigenvalue weighted by molar-refractivity contribution is 5.48. The van der Waals surface area contributed by atoms with Crippen LogP contribution in [0.3, 0.4) is 0 Å². The predicted octanol–water partition coefficient (Wildman–Crippen LogP) is 3.91. The van der Waals surface area contributed by atoms with Crippen molar-refractivity contribution >= 4 is 0 Å². The predicted molar refractivity (Wildman–Crippen MR) is 105 cm³/mol. The average molecular weight is 368 g/mol. The number of methoxy groups -OCH3 is 2. The van der Waals surface area contributed by atoms with Gasteiger partial charge in [-0.05, 0) is 34.4 Å². The number of benzene rings is 2. The summed E-state index contributed by atoms with van der Waals surface area (Å²) in [4.78, 5) is 0. The molecule has 2 aromatic carbocycles. The molecule has 2 atom stereocenters. The fourth-order valence-electron chi connectivity index (χ4n) is 3.68. The van der Waals surface area contributed by atoms with Gasteiger partial charge in [0.1, 0.15) is 11.5 Å². The normalized spacial score (nSPS) is 21.0. The summed E-state index contributed by atoms with van der Waals surface area (Å²) < 4.78 is 22.0. The lowest BCUT2D eigenvalue weighted by molar-refractivity contribution is 0.389. The van der Waals surface area contributed by atoms with Crippen LogP contribution >= 0.6 is 0 Å². The largest absolute Gasteiger partial charge is 0.496 e. The molecule has 2 aromatic rings. The van der Waals surface area contributed by atoms with Crippen LogP contribution in [-0.2, 0) is 27.7 Å². The number of epoxide rings is 2. The molecule has 0 radical (unpaired) electrons. The van der Waals surface area contributed by atoms with E-state index in [2.05, 4.69) is 50.2 Å². The Hall–Kier alpha value is -2.04. The monoisotopic (exact) mass is 368 g/mol. The molecule has 2 unspecified atom stereocenters. The topological polar surface area (TPSA) is 43.5 Å². The minimum absolute atomic E-state index is 0.128. The summed E-state index contributed by atoms with van der Waals surface area (Å²) in [5, 5.41) is 0. The first-order valence-corrected chi connectivity index (χ1v) is 9.59. The van der Waals surface area contributed by atoms with Crippen molar-refractivity contribution in [1.82, 2.24) is 0 Å². The molecule has 4 heteroatoms. The fraction of sp³-hybridized carbons (Fsp3) is 0.478. The molecule has 0 saturated carbocycles. The molecule has 2 fully saturated rings. The Morgan fingerprint density at radius 1 is 0.815 bits per heavy atom. The van der Waals surface area contributed by atoms with E-state index >= 15 is 0 Å². The summed E-state index contributed by atoms with van der Waals surface area (Å²) in [5.74, 6) is 1.87. The van der Waals surface area contributed by atoms with Crippen LogP contribution in [0.1, 0.15) is 36.1 Å². The summed E-state index contributed by atoms with van der Waals surface area (Å²) in [6.45, 7) is 6.24. The number of ether oxygens (including phenoxy) is 4. The van der Waals surface area contributed by atoms with Crippen molar-refractivity contribution in [2.45, 2.75) is 44.3 Å². The minimum Gasteiger partial charge on any atom is -0.496 e. The van der Waals surface area contributed by atoms with Crippen molar-refractivity contribution in [3.63, 3.8) is 0 Å². The van der Waals surface area contributed by atoms with Crippen molar-refractivity contribution in [2.24, 2.45) is 0 Å². The molecule has 144 valence electrons. The lowest BCUT2D eigenvalue weighted by Crippen LogP contribution is -2.20. The maximum absolute atomic E-state index is 5.56. The quantitative estimate of drug-likeness (QED) is 0.663. The molecule has 0 bridgehead atoms. The molecule has 2 aliphatic rings. The van der Waals surface area contributed by atoms with Gasteiger partial charge in [0.25, 0.3) is 0 Å². The molecular weight excluding hydrogens is 340 g/mol. The summed E-state index contributed by atoms with van der Waals surface area (Å²) in [5.41, 5.74) is 4.85. The van der Waals surface area contributed by atoms with Gasteiger partial charge in [0.05, 0.1) is 39.6 Å². The van der Waals surface area contributed by atoms with Gasteiger partial charge in [-0.1, -0.05) is 38.1 Å². The minimum atomic E-state index is -0.128. The summed E-state index contributed by atoms with van der Waals surface area (Å²) >= 11 is 0. The van der Waals surface area contributed by atoms with E-state index in [-0.39, 0.29) is 5.41 Å². The highest BCUT2D eigenvalue weighted by Gasteiger charge is 2.29. The van der Waals surface area contributed by atoms with Crippen molar-refractivity contribution in [3.8, 4) is 11.5 Å². The first kappa shape index (κ1) is 18.3. The van der Waals surface area contributed by atoms with Gasteiger partial charge in [0.15, 0.2) is 0 Å². The molecule has 27 heavy (non-hydrogen) atoms. The Labute approximate surface area is 161 Å². The molecule has 2 saturated heterocycles. The Balaban J connectivity index is 1.67. The Bertz CT molecular complexity index is 752. The summed E-state index contributed by atoms with van der Waals surface area (Å²) in [6.07, 6.45) is 2.48. The van der Waals surface area contributed by atoms with Gasteiger partial charge in [-0.25, -0.2) is 0 Å². The van der Waals surface area contributed by atoms with Gasteiger partial charge in [-0.15, -0.1) is 0 Å². The van der Waals surface area contributed by atoms with E-state index in [0.29, 0.717) is 12.2 Å². The SMILES string of the molecule is COc1ccc(C(C)(C)c2ccc(OC)c(CC3CO3)c2)cc1CC1CO1. The molecule has 0 spiro atoms. The maximum Gasteiger partial charge on any atom is 0.122 e. The van der Waals surface area contributed by atoms with Crippen molar-refractivity contribution in [2.75, 3.05) is 27.4 Å². The molecule has 0 amide bonds. The third kappa shape index (κ3) is 3.97. The second kappa shape index (κ2) is 7.17. The van der Waals surface area contributed by atoms with E-state index in [1.807, 2.05) is 0 Å². The van der Waals surface area contributed by atoms with Crippen LogP contribution in [0, 0.1) is 0 Å². The molecule has 4 nitrogen and oxygen atoms in total. The van der Waals surface area contributed by atoms with Gasteiger partial charge in [0, 0.05) is 18.3 Å². The molecule has 4 rings (SSSR count). The van der Waals surface area contributed by atoms with Crippen molar-refractivity contribution in [3.05, 3.63) is 58.7 Å². The second-order valence-electron chi connectivity index (χ2n) is 8.00. The highest BCUT2D eigenvalue weighted by Crippen LogP contribution is 2.37. The van der Waals surface area contributed by atoms with Gasteiger partial charge < -0.3 is 18.9 Å². The van der Waals surface area contributed by atoms with Crippen LogP contribution in [0.5, 0.6) is 11.5 Å². The van der Waals surface area contributed by atoms with E-state index in [0.717, 1.165) is 37.6 Å². The van der Waals surface area contributed by atoms with Crippen LogP contribution in [-0.4, -0.2) is 39.6 Å². The standard InChI is InChI=1S/C23H28O4/c1-23(2,17-5-7-21(24-3)15(9-17)11-19-13-26-19)18-6-8-22(25-4)16(10-18)12-20-14-27-20/h5-10,19-20H,11-14H2,1-4H3. The van der Waals surface area contributed by atoms with Crippen LogP contribution in [0.4, 0.5) is 0 Å². The first-order valence-electron chi connectivity index (χ1n) is 9.59. The molecule has 0 N–H and O–H groups in total. The van der Waals surface area contributed by atoms with E-state index in [1.54, 1.807) is 14.2 Å². The van der Waals surface area contributed by atoms with Crippen molar-refractivity contribution < 1.29 is 18.9 Å². The molecule has 0 aromatic heterocycles. The zero-order valence-corrected chi connectivity index (χ0v) is 16.6. The Kier molecular flexibility index (Phi) is 4.87. The average Bonchev–Trinajstić information content (AvgIpc) is 3.58. The Morgan fingerprint density at radius 3 is 1.56 bits per heavy atom. The van der Waals surface area contributed by atoms with Gasteiger partial charge in [-0.2, -0.15) is 0 Å². The highest BCUT2D eigenvalue weighted by atomic mass is 16.6. The number of hydrogen-bond acceptors (Lipinski definition) is 4. The Morgan fingerprint density at radius 2 is 1.22 bits per heavy atom. The third-order valence-corrected chi connectivity index (χ3v) is 5.70. The lowest BCUT2D eigenvalue weighted by Gasteiger charge is -2.28. The van der Waals surface area contributed by atoms with E-state index < -0.39 is 0 Å². The smallest absolute Gasteiger partial charge is 0.122 e. The molecule has 2 aliphatic heterocycles. The zero-order valence-electron chi connectivity index (χ0n) is 16.6. The number of hydrogen-bond donors (Lipinski definition) is 0. The summed E-state index contributed by atoms with van der Waals surface area (Å²) in [6, 6.07) is 13.0. The van der Waals surface area contributed by atoms with Gasteiger partial charge >= 0.3 is 0 Å². The molecular formula is C23H28O4. The molecule has 0 aliphatic carbocycles. The first-order chi connectivity index (χ1) is 13.0. The van der Waals surface area contributed by atoms with E-state index in [4.69, 9.17) is 18.9 Å². The summed E-state index contributed by atoms with van der Waals surface area (Å²) in [7, 11) is 3.46. The lowest BCUT2D eigenvalue weighted by atomic mass is 9.76.